The highest BCUT2D eigenvalue weighted by Gasteiger charge is 2.23. The molecular weight excluding hydrogens is 294 g/mol. The molecule has 1 aromatic heterocycles. The number of ether oxygens (including phenoxy) is 2. The number of esters is 1. The number of carbonyl (C=O) groups excluding carboxylic acids is 1. The van der Waals surface area contributed by atoms with Crippen LogP contribution in [0.25, 0.3) is 0 Å². The highest BCUT2D eigenvalue weighted by Crippen LogP contribution is 2.29. The van der Waals surface area contributed by atoms with E-state index in [4.69, 9.17) is 4.74 Å². The maximum absolute atomic E-state index is 13.4. The fourth-order valence-corrected chi connectivity index (χ4v) is 1.48. The minimum Gasteiger partial charge on any atom is -0.465 e. The van der Waals surface area contributed by atoms with Crippen molar-refractivity contribution in [1.29, 1.82) is 0 Å². The van der Waals surface area contributed by atoms with Crippen LogP contribution in [0.4, 0.5) is 17.6 Å². The summed E-state index contributed by atoms with van der Waals surface area (Å²) in [5, 5.41) is 0. The summed E-state index contributed by atoms with van der Waals surface area (Å²) in [6, 6.07) is 5.03. The van der Waals surface area contributed by atoms with Crippen LogP contribution in [0.3, 0.4) is 0 Å². The molecule has 21 heavy (non-hydrogen) atoms. The van der Waals surface area contributed by atoms with Gasteiger partial charge >= 0.3 is 5.97 Å². The minimum absolute atomic E-state index is 0.0332. The van der Waals surface area contributed by atoms with E-state index in [9.17, 15) is 22.4 Å². The number of benzene rings is 1. The van der Waals surface area contributed by atoms with Crippen LogP contribution in [-0.2, 0) is 4.74 Å². The molecule has 0 radical (unpaired) electrons. The molecule has 0 atom stereocenters. The van der Waals surface area contributed by atoms with Crippen molar-refractivity contribution in [1.82, 2.24) is 4.98 Å². The molecule has 110 valence electrons. The van der Waals surface area contributed by atoms with E-state index in [1.54, 1.807) is 0 Å². The first-order chi connectivity index (χ1) is 9.93. The zero-order valence-corrected chi connectivity index (χ0v) is 10.5. The van der Waals surface area contributed by atoms with Crippen LogP contribution in [0.2, 0.25) is 0 Å². The molecular formula is C13H7F4NO3. The molecule has 0 spiro atoms. The maximum atomic E-state index is 13.4. The van der Waals surface area contributed by atoms with Crippen molar-refractivity contribution in [2.45, 2.75) is 0 Å². The molecule has 0 unspecified atom stereocenters. The number of aromatic nitrogens is 1. The lowest BCUT2D eigenvalue weighted by Gasteiger charge is -2.09. The van der Waals surface area contributed by atoms with Gasteiger partial charge in [-0.3, -0.25) is 0 Å². The van der Waals surface area contributed by atoms with Crippen molar-refractivity contribution in [2.24, 2.45) is 0 Å². The van der Waals surface area contributed by atoms with Crippen LogP contribution in [0.1, 0.15) is 10.4 Å². The number of hydrogen-bond donors (Lipinski definition) is 0. The summed E-state index contributed by atoms with van der Waals surface area (Å²) in [5.74, 6) is -9.45. The average molecular weight is 301 g/mol. The second-order valence-electron chi connectivity index (χ2n) is 3.77. The Labute approximate surface area is 115 Å². The third-order valence-corrected chi connectivity index (χ3v) is 2.43. The monoisotopic (exact) mass is 301 g/mol. The average Bonchev–Trinajstić information content (AvgIpc) is 2.49. The summed E-state index contributed by atoms with van der Waals surface area (Å²) in [5.41, 5.74) is 0.0332. The summed E-state index contributed by atoms with van der Waals surface area (Å²) in [6.45, 7) is 0. The molecule has 2 rings (SSSR count). The second kappa shape index (κ2) is 5.78. The van der Waals surface area contributed by atoms with E-state index in [2.05, 4.69) is 9.72 Å². The van der Waals surface area contributed by atoms with E-state index < -0.39 is 35.2 Å². The Hall–Kier alpha value is -2.64. The van der Waals surface area contributed by atoms with Gasteiger partial charge in [0.2, 0.25) is 17.4 Å². The number of halogens is 4. The van der Waals surface area contributed by atoms with Gasteiger partial charge in [-0.2, -0.15) is 22.5 Å². The zero-order valence-electron chi connectivity index (χ0n) is 10.5. The van der Waals surface area contributed by atoms with Gasteiger partial charge in [-0.05, 0) is 18.2 Å². The molecule has 4 nitrogen and oxygen atoms in total. The molecule has 2 aromatic rings. The van der Waals surface area contributed by atoms with Crippen LogP contribution in [-0.4, -0.2) is 18.1 Å². The normalized spacial score (nSPS) is 10.3. The fraction of sp³-hybridized carbons (Fsp3) is 0.0769. The number of hydrogen-bond acceptors (Lipinski definition) is 4. The predicted octanol–water partition coefficient (Wildman–Crippen LogP) is 3.22. The number of methoxy groups -OCH3 is 1. The van der Waals surface area contributed by atoms with Crippen LogP contribution in [0, 0.1) is 23.5 Å². The fourth-order valence-electron chi connectivity index (χ4n) is 1.48. The molecule has 8 heteroatoms. The Bertz CT molecular complexity index is 680. The minimum atomic E-state index is -1.84. The maximum Gasteiger partial charge on any atom is 0.337 e. The molecule has 0 N–H and O–H groups in total. The number of pyridine rings is 1. The number of rotatable bonds is 3. The van der Waals surface area contributed by atoms with Crippen molar-refractivity contribution in [3.63, 3.8) is 0 Å². The van der Waals surface area contributed by atoms with Crippen molar-refractivity contribution >= 4 is 5.97 Å². The second-order valence-corrected chi connectivity index (χ2v) is 3.77. The van der Waals surface area contributed by atoms with Gasteiger partial charge in [0, 0.05) is 0 Å². The SMILES string of the molecule is COC(=O)c1cccc(Oc2c(F)c(F)nc(F)c2F)c1. The first-order valence-corrected chi connectivity index (χ1v) is 5.50. The van der Waals surface area contributed by atoms with Gasteiger partial charge in [0.25, 0.3) is 11.9 Å². The number of carbonyl (C=O) groups is 1. The van der Waals surface area contributed by atoms with Crippen molar-refractivity contribution in [3.8, 4) is 11.5 Å². The van der Waals surface area contributed by atoms with E-state index in [-0.39, 0.29) is 11.3 Å². The Morgan fingerprint density at radius 3 is 2.29 bits per heavy atom. The quantitative estimate of drug-likeness (QED) is 0.496. The lowest BCUT2D eigenvalue weighted by atomic mass is 10.2. The van der Waals surface area contributed by atoms with Gasteiger partial charge in [0.05, 0.1) is 12.7 Å². The molecule has 0 saturated heterocycles. The standard InChI is InChI=1S/C13H7F4NO3/c1-20-13(19)6-3-2-4-7(5-6)21-10-8(14)11(16)18-12(17)9(10)15/h2-5H,1H3. The highest BCUT2D eigenvalue weighted by atomic mass is 19.2. The lowest BCUT2D eigenvalue weighted by Crippen LogP contribution is -2.04. The van der Waals surface area contributed by atoms with Gasteiger partial charge < -0.3 is 9.47 Å². The van der Waals surface area contributed by atoms with E-state index >= 15 is 0 Å². The van der Waals surface area contributed by atoms with Gasteiger partial charge in [-0.25, -0.2) is 4.79 Å². The Balaban J connectivity index is 2.41. The van der Waals surface area contributed by atoms with Gasteiger partial charge in [0.1, 0.15) is 5.75 Å². The molecule has 0 amide bonds. The molecule has 1 heterocycles. The summed E-state index contributed by atoms with van der Waals surface area (Å²) < 4.78 is 61.9. The topological polar surface area (TPSA) is 48.4 Å². The summed E-state index contributed by atoms with van der Waals surface area (Å²) in [6.07, 6.45) is 0. The van der Waals surface area contributed by atoms with E-state index in [1.807, 2.05) is 0 Å². The van der Waals surface area contributed by atoms with E-state index in [0.717, 1.165) is 13.2 Å². The van der Waals surface area contributed by atoms with Crippen LogP contribution in [0.5, 0.6) is 11.5 Å². The summed E-state index contributed by atoms with van der Waals surface area (Å²) in [7, 11) is 1.14. The van der Waals surface area contributed by atoms with E-state index in [1.165, 1.54) is 18.2 Å². The Morgan fingerprint density at radius 1 is 1.10 bits per heavy atom. The van der Waals surface area contributed by atoms with Crippen LogP contribution < -0.4 is 4.74 Å². The first-order valence-electron chi connectivity index (χ1n) is 5.50. The third-order valence-electron chi connectivity index (χ3n) is 2.43. The smallest absolute Gasteiger partial charge is 0.337 e. The molecule has 0 saturated carbocycles. The molecule has 1 aromatic carbocycles. The van der Waals surface area contributed by atoms with Crippen LogP contribution >= 0.6 is 0 Å². The van der Waals surface area contributed by atoms with Gasteiger partial charge in [-0.15, -0.1) is 0 Å². The van der Waals surface area contributed by atoms with Gasteiger partial charge in [0.15, 0.2) is 0 Å². The highest BCUT2D eigenvalue weighted by molar-refractivity contribution is 5.89. The Morgan fingerprint density at radius 2 is 1.71 bits per heavy atom. The first kappa shape index (κ1) is 14.8. The van der Waals surface area contributed by atoms with Crippen molar-refractivity contribution < 1.29 is 31.8 Å². The zero-order chi connectivity index (χ0) is 15.6. The Kier molecular flexibility index (Phi) is 4.06. The molecule has 0 aliphatic rings. The predicted molar refractivity (Wildman–Crippen MR) is 61.9 cm³/mol. The largest absolute Gasteiger partial charge is 0.465 e. The van der Waals surface area contributed by atoms with E-state index in [0.29, 0.717) is 0 Å². The summed E-state index contributed by atoms with van der Waals surface area (Å²) in [4.78, 5) is 13.7. The lowest BCUT2D eigenvalue weighted by molar-refractivity contribution is 0.0600. The van der Waals surface area contributed by atoms with Crippen molar-refractivity contribution in [3.05, 3.63) is 53.4 Å². The summed E-state index contributed by atoms with van der Waals surface area (Å²) >= 11 is 0. The third kappa shape index (κ3) is 2.93. The number of nitrogens with zero attached hydrogens (tertiary/aromatic N) is 1. The molecule has 0 aliphatic heterocycles. The molecule has 0 fully saturated rings. The van der Waals surface area contributed by atoms with Crippen LogP contribution in [0.15, 0.2) is 24.3 Å². The van der Waals surface area contributed by atoms with Gasteiger partial charge in [-0.1, -0.05) is 6.07 Å². The molecule has 0 aliphatic carbocycles. The molecule has 0 bridgehead atoms. The van der Waals surface area contributed by atoms with Crippen molar-refractivity contribution in [2.75, 3.05) is 7.11 Å².